The van der Waals surface area contributed by atoms with E-state index in [1.807, 2.05) is 12.1 Å². The fraction of sp³-hybridized carbons (Fsp3) is 0. The number of ether oxygens (including phenoxy) is 1. The van der Waals surface area contributed by atoms with Gasteiger partial charge < -0.3 is 10.1 Å². The van der Waals surface area contributed by atoms with Crippen LogP contribution in [0.25, 0.3) is 10.9 Å². The third-order valence-electron chi connectivity index (χ3n) is 4.22. The largest absolute Gasteiger partial charge is 0.455 e. The van der Waals surface area contributed by atoms with Crippen LogP contribution in [0.5, 0.6) is 11.5 Å². The molecule has 148 valence electrons. The summed E-state index contributed by atoms with van der Waals surface area (Å²) in [7, 11) is -3.75. The molecule has 0 radical (unpaired) electrons. The molecule has 1 heterocycles. The van der Waals surface area contributed by atoms with Gasteiger partial charge in [-0.25, -0.2) is 23.5 Å². The minimum absolute atomic E-state index is 0.0191. The summed E-state index contributed by atoms with van der Waals surface area (Å²) in [6, 6.07) is 20.3. The number of anilines is 2. The van der Waals surface area contributed by atoms with Crippen molar-refractivity contribution in [3.05, 3.63) is 78.5 Å². The molecule has 0 atom stereocenters. The lowest BCUT2D eigenvalue weighted by atomic mass is 10.2. The Labute approximate surface area is 172 Å². The second-order valence-corrected chi connectivity index (χ2v) is 7.88. The van der Waals surface area contributed by atoms with Crippen LogP contribution < -0.4 is 15.2 Å². The molecule has 0 aliphatic rings. The molecule has 0 bridgehead atoms. The minimum Gasteiger partial charge on any atom is -0.455 e. The maximum Gasteiger partial charge on any atom is 0.238 e. The second kappa shape index (κ2) is 7.79. The summed E-state index contributed by atoms with van der Waals surface area (Å²) in [4.78, 5) is 8.84. The van der Waals surface area contributed by atoms with Crippen LogP contribution in [0.15, 0.2) is 77.8 Å². The Morgan fingerprint density at radius 1 is 1.00 bits per heavy atom. The van der Waals surface area contributed by atoms with E-state index in [9.17, 15) is 8.42 Å². The van der Waals surface area contributed by atoms with Gasteiger partial charge in [0.25, 0.3) is 0 Å². The average Bonchev–Trinajstić information content (AvgIpc) is 2.74. The molecule has 3 N–H and O–H groups in total. The summed E-state index contributed by atoms with van der Waals surface area (Å²) in [5.41, 5.74) is 1.75. The highest BCUT2D eigenvalue weighted by molar-refractivity contribution is 7.89. The number of rotatable bonds is 5. The molecule has 0 spiro atoms. The molecule has 9 heteroatoms. The van der Waals surface area contributed by atoms with Crippen molar-refractivity contribution in [3.8, 4) is 17.6 Å². The first-order valence-corrected chi connectivity index (χ1v) is 10.3. The van der Waals surface area contributed by atoms with Crippen molar-refractivity contribution in [2.45, 2.75) is 4.90 Å². The molecular formula is C21H15N5O3S. The van der Waals surface area contributed by atoms with Gasteiger partial charge in [0.2, 0.25) is 16.0 Å². The smallest absolute Gasteiger partial charge is 0.238 e. The highest BCUT2D eigenvalue weighted by Crippen LogP contribution is 2.29. The topological polar surface area (TPSA) is 131 Å². The van der Waals surface area contributed by atoms with E-state index in [2.05, 4.69) is 21.4 Å². The van der Waals surface area contributed by atoms with E-state index < -0.39 is 10.0 Å². The van der Waals surface area contributed by atoms with Crippen molar-refractivity contribution >= 4 is 32.6 Å². The van der Waals surface area contributed by atoms with Crippen LogP contribution in [-0.4, -0.2) is 18.4 Å². The number of benzene rings is 3. The predicted octanol–water partition coefficient (Wildman–Crippen LogP) is 3.68. The van der Waals surface area contributed by atoms with E-state index in [-0.39, 0.29) is 4.90 Å². The summed E-state index contributed by atoms with van der Waals surface area (Å²) in [5.74, 6) is 1.43. The van der Waals surface area contributed by atoms with Crippen LogP contribution in [-0.2, 0) is 10.0 Å². The van der Waals surface area contributed by atoms with E-state index in [1.165, 1.54) is 12.1 Å². The van der Waals surface area contributed by atoms with Crippen molar-refractivity contribution in [2.24, 2.45) is 5.14 Å². The first-order valence-electron chi connectivity index (χ1n) is 8.76. The number of para-hydroxylation sites is 1. The van der Waals surface area contributed by atoms with Crippen molar-refractivity contribution in [2.75, 3.05) is 5.32 Å². The third-order valence-corrected chi connectivity index (χ3v) is 5.15. The number of nitriles is 1. The number of fused-ring (bicyclic) bond motifs is 1. The van der Waals surface area contributed by atoms with Crippen molar-refractivity contribution in [1.82, 2.24) is 9.97 Å². The molecule has 30 heavy (non-hydrogen) atoms. The van der Waals surface area contributed by atoms with Crippen molar-refractivity contribution in [1.29, 1.82) is 5.26 Å². The van der Waals surface area contributed by atoms with Gasteiger partial charge in [-0.1, -0.05) is 12.1 Å². The van der Waals surface area contributed by atoms with Gasteiger partial charge in [-0.2, -0.15) is 5.26 Å². The Morgan fingerprint density at radius 3 is 2.40 bits per heavy atom. The van der Waals surface area contributed by atoms with E-state index in [4.69, 9.17) is 15.1 Å². The van der Waals surface area contributed by atoms with Crippen LogP contribution in [0.2, 0.25) is 0 Å². The zero-order chi connectivity index (χ0) is 21.1. The minimum atomic E-state index is -3.75. The average molecular weight is 417 g/mol. The third kappa shape index (κ3) is 4.20. The van der Waals surface area contributed by atoms with E-state index in [0.717, 1.165) is 5.39 Å². The highest BCUT2D eigenvalue weighted by Gasteiger charge is 2.10. The van der Waals surface area contributed by atoms with Crippen LogP contribution in [0.4, 0.5) is 11.6 Å². The van der Waals surface area contributed by atoms with Gasteiger partial charge >= 0.3 is 0 Å². The Morgan fingerprint density at radius 2 is 1.73 bits per heavy atom. The lowest BCUT2D eigenvalue weighted by Gasteiger charge is -2.10. The summed E-state index contributed by atoms with van der Waals surface area (Å²) in [6.45, 7) is 0. The molecule has 4 rings (SSSR count). The molecule has 1 aromatic heterocycles. The number of sulfonamides is 1. The first-order chi connectivity index (χ1) is 14.4. The molecule has 0 saturated carbocycles. The molecule has 8 nitrogen and oxygen atoms in total. The fourth-order valence-electron chi connectivity index (χ4n) is 2.75. The molecule has 4 aromatic rings. The predicted molar refractivity (Wildman–Crippen MR) is 112 cm³/mol. The van der Waals surface area contributed by atoms with Gasteiger partial charge in [0.05, 0.1) is 16.5 Å². The molecule has 0 aliphatic carbocycles. The van der Waals surface area contributed by atoms with Gasteiger partial charge in [-0.3, -0.25) is 0 Å². The number of hydrogen-bond acceptors (Lipinski definition) is 7. The lowest BCUT2D eigenvalue weighted by molar-refractivity contribution is 0.487. The van der Waals surface area contributed by atoms with E-state index >= 15 is 0 Å². The Hall–Kier alpha value is -4.00. The maximum atomic E-state index is 11.4. The van der Waals surface area contributed by atoms with Gasteiger partial charge in [0.15, 0.2) is 5.75 Å². The van der Waals surface area contributed by atoms with Crippen LogP contribution in [0.1, 0.15) is 5.56 Å². The van der Waals surface area contributed by atoms with E-state index in [0.29, 0.717) is 34.2 Å². The Balaban J connectivity index is 1.63. The number of nitrogens with zero attached hydrogens (tertiary/aromatic N) is 3. The van der Waals surface area contributed by atoms with Crippen molar-refractivity contribution < 1.29 is 13.2 Å². The molecule has 3 aromatic carbocycles. The zero-order valence-corrected chi connectivity index (χ0v) is 16.3. The number of nitrogens with one attached hydrogen (secondary N) is 1. The number of nitrogens with two attached hydrogens (primary N) is 1. The van der Waals surface area contributed by atoms with Gasteiger partial charge in [0, 0.05) is 17.3 Å². The Kier molecular flexibility index (Phi) is 5.02. The lowest BCUT2D eigenvalue weighted by Crippen LogP contribution is -2.11. The molecule has 0 fully saturated rings. The number of primary sulfonamides is 1. The van der Waals surface area contributed by atoms with Crippen LogP contribution in [0.3, 0.4) is 0 Å². The maximum absolute atomic E-state index is 11.4. The standard InChI is InChI=1S/C21H15N5O3S/c22-12-14-4-8-17(9-5-14)29-19-3-1-2-15-13-24-21(26-20(15)19)25-16-6-10-18(11-7-16)30(23,27)28/h1-11,13H,(H2,23,27,28)(H,24,25,26). The van der Waals surface area contributed by atoms with Gasteiger partial charge in [-0.15, -0.1) is 0 Å². The van der Waals surface area contributed by atoms with Crippen LogP contribution in [0, 0.1) is 11.3 Å². The van der Waals surface area contributed by atoms with E-state index in [1.54, 1.807) is 48.7 Å². The summed E-state index contributed by atoms with van der Waals surface area (Å²) in [5, 5.41) is 17.9. The molecular weight excluding hydrogens is 402 g/mol. The molecule has 0 aliphatic heterocycles. The van der Waals surface area contributed by atoms with Gasteiger partial charge in [0.1, 0.15) is 11.3 Å². The fourth-order valence-corrected chi connectivity index (χ4v) is 3.27. The van der Waals surface area contributed by atoms with Gasteiger partial charge in [-0.05, 0) is 54.6 Å². The second-order valence-electron chi connectivity index (χ2n) is 6.32. The summed E-state index contributed by atoms with van der Waals surface area (Å²) >= 11 is 0. The Bertz CT molecular complexity index is 1360. The quantitative estimate of drug-likeness (QED) is 0.506. The first kappa shape index (κ1) is 19.3. The number of aromatic nitrogens is 2. The zero-order valence-electron chi connectivity index (χ0n) is 15.5. The van der Waals surface area contributed by atoms with Crippen LogP contribution >= 0.6 is 0 Å². The summed E-state index contributed by atoms with van der Waals surface area (Å²) < 4.78 is 28.7. The number of hydrogen-bond donors (Lipinski definition) is 2. The summed E-state index contributed by atoms with van der Waals surface area (Å²) in [6.07, 6.45) is 1.66. The SMILES string of the molecule is N#Cc1ccc(Oc2cccc3cnc(Nc4ccc(S(N)(=O)=O)cc4)nc23)cc1. The normalized spacial score (nSPS) is 11.1. The molecule has 0 saturated heterocycles. The molecule has 0 amide bonds. The van der Waals surface area contributed by atoms with Crippen molar-refractivity contribution in [3.63, 3.8) is 0 Å². The monoisotopic (exact) mass is 417 g/mol. The highest BCUT2D eigenvalue weighted by atomic mass is 32.2. The molecule has 0 unspecified atom stereocenters.